The average Bonchev–Trinajstić information content (AvgIpc) is 3.04. The molecular formula is C21H30N2O3. The number of ether oxygens (including phenoxy) is 1. The minimum absolute atomic E-state index is 0.0177. The number of rotatable bonds is 6. The van der Waals surface area contributed by atoms with Crippen LogP contribution < -0.4 is 15.0 Å². The topological polar surface area (TPSA) is 58.6 Å². The summed E-state index contributed by atoms with van der Waals surface area (Å²) >= 11 is 0. The maximum absolute atomic E-state index is 12.6. The van der Waals surface area contributed by atoms with Gasteiger partial charge in [-0.05, 0) is 49.4 Å². The summed E-state index contributed by atoms with van der Waals surface area (Å²) in [7, 11) is 0. The fourth-order valence-electron chi connectivity index (χ4n) is 3.91. The number of hydrogen-bond donors (Lipinski definition) is 1. The lowest BCUT2D eigenvalue weighted by atomic mass is 9.85. The quantitative estimate of drug-likeness (QED) is 0.846. The number of nitrogens with zero attached hydrogens (tertiary/aromatic N) is 1. The molecule has 3 rings (SSSR count). The lowest BCUT2D eigenvalue weighted by Gasteiger charge is -2.30. The Morgan fingerprint density at radius 1 is 1.23 bits per heavy atom. The predicted molar refractivity (Wildman–Crippen MR) is 102 cm³/mol. The van der Waals surface area contributed by atoms with Crippen molar-refractivity contribution in [3.05, 3.63) is 24.3 Å². The molecule has 142 valence electrons. The molecule has 1 N–H and O–H groups in total. The van der Waals surface area contributed by atoms with Gasteiger partial charge in [0.25, 0.3) is 0 Å². The van der Waals surface area contributed by atoms with E-state index in [1.54, 1.807) is 4.90 Å². The van der Waals surface area contributed by atoms with E-state index in [1.807, 2.05) is 24.3 Å². The van der Waals surface area contributed by atoms with Crippen molar-refractivity contribution in [1.29, 1.82) is 0 Å². The smallest absolute Gasteiger partial charge is 0.227 e. The Kier molecular flexibility index (Phi) is 6.17. The Morgan fingerprint density at radius 2 is 1.96 bits per heavy atom. The summed E-state index contributed by atoms with van der Waals surface area (Å²) in [5, 5.41) is 3.20. The third-order valence-electron chi connectivity index (χ3n) is 5.56. The Balaban J connectivity index is 1.58. The van der Waals surface area contributed by atoms with E-state index in [1.165, 1.54) is 19.3 Å². The summed E-state index contributed by atoms with van der Waals surface area (Å²) in [6, 6.07) is 7.82. The van der Waals surface area contributed by atoms with Gasteiger partial charge >= 0.3 is 0 Å². The molecule has 5 heteroatoms. The van der Waals surface area contributed by atoms with Gasteiger partial charge in [-0.1, -0.05) is 26.7 Å². The predicted octanol–water partition coefficient (Wildman–Crippen LogP) is 3.52. The third kappa shape index (κ3) is 4.37. The molecule has 0 radical (unpaired) electrons. The second kappa shape index (κ2) is 8.56. The van der Waals surface area contributed by atoms with Gasteiger partial charge in [-0.3, -0.25) is 9.59 Å². The zero-order valence-corrected chi connectivity index (χ0v) is 15.9. The fraction of sp³-hybridized carbons (Fsp3) is 0.619. The van der Waals surface area contributed by atoms with Crippen LogP contribution in [-0.4, -0.2) is 31.0 Å². The molecule has 1 aliphatic carbocycles. The van der Waals surface area contributed by atoms with Crippen LogP contribution in [0.25, 0.3) is 0 Å². The van der Waals surface area contributed by atoms with Crippen molar-refractivity contribution in [2.24, 2.45) is 11.8 Å². The monoisotopic (exact) mass is 358 g/mol. The lowest BCUT2D eigenvalue weighted by Crippen LogP contribution is -2.44. The molecule has 1 aliphatic heterocycles. The van der Waals surface area contributed by atoms with Crippen molar-refractivity contribution in [2.45, 2.75) is 58.4 Å². The van der Waals surface area contributed by atoms with E-state index in [0.717, 1.165) is 24.3 Å². The number of hydrogen-bond acceptors (Lipinski definition) is 3. The number of benzene rings is 1. The number of carbonyl (C=O) groups is 2. The second-order valence-electron chi connectivity index (χ2n) is 7.62. The van der Waals surface area contributed by atoms with E-state index in [9.17, 15) is 9.59 Å². The van der Waals surface area contributed by atoms with Gasteiger partial charge in [0.15, 0.2) is 0 Å². The summed E-state index contributed by atoms with van der Waals surface area (Å²) in [6.45, 7) is 5.42. The van der Waals surface area contributed by atoms with Crippen LogP contribution in [0.5, 0.6) is 5.75 Å². The van der Waals surface area contributed by atoms with Crippen LogP contribution in [0.1, 0.15) is 52.4 Å². The van der Waals surface area contributed by atoms with E-state index in [2.05, 4.69) is 19.2 Å². The van der Waals surface area contributed by atoms with Crippen LogP contribution in [-0.2, 0) is 9.59 Å². The van der Waals surface area contributed by atoms with Crippen molar-refractivity contribution in [3.63, 3.8) is 0 Å². The maximum Gasteiger partial charge on any atom is 0.227 e. The molecule has 0 aromatic heterocycles. The normalized spacial score (nSPS) is 26.0. The summed E-state index contributed by atoms with van der Waals surface area (Å²) < 4.78 is 5.59. The molecule has 1 aromatic rings. The number of anilines is 1. The van der Waals surface area contributed by atoms with Gasteiger partial charge in [-0.2, -0.15) is 0 Å². The molecule has 26 heavy (non-hydrogen) atoms. The molecule has 1 saturated carbocycles. The van der Waals surface area contributed by atoms with Crippen LogP contribution in [0, 0.1) is 11.8 Å². The van der Waals surface area contributed by atoms with E-state index in [4.69, 9.17) is 4.74 Å². The van der Waals surface area contributed by atoms with E-state index in [0.29, 0.717) is 25.5 Å². The SMILES string of the molecule is CCCOc1ccc(N2C[C@H](C(=O)N[C@H]3CCCC[C@H]3C)CC2=O)cc1. The molecule has 2 aliphatic rings. The maximum atomic E-state index is 12.6. The Labute approximate surface area is 156 Å². The van der Waals surface area contributed by atoms with Crippen LogP contribution in [0.15, 0.2) is 24.3 Å². The second-order valence-corrected chi connectivity index (χ2v) is 7.62. The van der Waals surface area contributed by atoms with Crippen LogP contribution >= 0.6 is 0 Å². The third-order valence-corrected chi connectivity index (χ3v) is 5.56. The van der Waals surface area contributed by atoms with E-state index >= 15 is 0 Å². The van der Waals surface area contributed by atoms with E-state index < -0.39 is 0 Å². The first kappa shape index (κ1) is 18.7. The minimum Gasteiger partial charge on any atom is -0.494 e. The summed E-state index contributed by atoms with van der Waals surface area (Å²) in [5.41, 5.74) is 0.834. The standard InChI is InChI=1S/C21H30N2O3/c1-3-12-26-18-10-8-17(9-11-18)23-14-16(13-20(23)24)21(25)22-19-7-5-4-6-15(19)2/h8-11,15-16,19H,3-7,12-14H2,1-2H3,(H,22,25)/t15-,16-,19+/m1/s1. The van der Waals surface area contributed by atoms with E-state index in [-0.39, 0.29) is 23.8 Å². The van der Waals surface area contributed by atoms with Gasteiger partial charge in [0.2, 0.25) is 11.8 Å². The zero-order chi connectivity index (χ0) is 18.5. The van der Waals surface area contributed by atoms with Crippen LogP contribution in [0.4, 0.5) is 5.69 Å². The molecule has 1 saturated heterocycles. The Bertz CT molecular complexity index is 629. The van der Waals surface area contributed by atoms with Gasteiger partial charge in [0, 0.05) is 24.7 Å². The molecule has 5 nitrogen and oxygen atoms in total. The molecule has 3 atom stereocenters. The highest BCUT2D eigenvalue weighted by Gasteiger charge is 2.36. The molecule has 0 spiro atoms. The van der Waals surface area contributed by atoms with Gasteiger partial charge in [-0.15, -0.1) is 0 Å². The molecule has 1 aromatic carbocycles. The first-order valence-electron chi connectivity index (χ1n) is 9.92. The van der Waals surface area contributed by atoms with Gasteiger partial charge in [0.1, 0.15) is 5.75 Å². The largest absolute Gasteiger partial charge is 0.494 e. The van der Waals surface area contributed by atoms with Crippen molar-refractivity contribution < 1.29 is 14.3 Å². The summed E-state index contributed by atoms with van der Waals surface area (Å²) in [6.07, 6.45) is 5.91. The molecule has 0 bridgehead atoms. The average molecular weight is 358 g/mol. The zero-order valence-electron chi connectivity index (χ0n) is 15.9. The molecule has 1 heterocycles. The van der Waals surface area contributed by atoms with Crippen molar-refractivity contribution >= 4 is 17.5 Å². The van der Waals surface area contributed by atoms with Crippen molar-refractivity contribution in [2.75, 3.05) is 18.1 Å². The first-order valence-corrected chi connectivity index (χ1v) is 9.92. The van der Waals surface area contributed by atoms with Gasteiger partial charge in [-0.25, -0.2) is 0 Å². The lowest BCUT2D eigenvalue weighted by molar-refractivity contribution is -0.127. The van der Waals surface area contributed by atoms with Crippen molar-refractivity contribution in [1.82, 2.24) is 5.32 Å². The highest BCUT2D eigenvalue weighted by molar-refractivity contribution is 6.00. The van der Waals surface area contributed by atoms with Gasteiger partial charge in [0.05, 0.1) is 12.5 Å². The Hall–Kier alpha value is -2.04. The number of nitrogens with one attached hydrogen (secondary N) is 1. The minimum atomic E-state index is -0.257. The highest BCUT2D eigenvalue weighted by Crippen LogP contribution is 2.28. The van der Waals surface area contributed by atoms with Crippen molar-refractivity contribution in [3.8, 4) is 5.75 Å². The Morgan fingerprint density at radius 3 is 2.65 bits per heavy atom. The molecule has 2 amide bonds. The first-order chi connectivity index (χ1) is 12.6. The van der Waals surface area contributed by atoms with Crippen LogP contribution in [0.2, 0.25) is 0 Å². The van der Waals surface area contributed by atoms with Gasteiger partial charge < -0.3 is 15.0 Å². The van der Waals surface area contributed by atoms with Crippen LogP contribution in [0.3, 0.4) is 0 Å². The summed E-state index contributed by atoms with van der Waals surface area (Å²) in [5.74, 6) is 1.12. The molecular weight excluding hydrogens is 328 g/mol. The highest BCUT2D eigenvalue weighted by atomic mass is 16.5. The molecule has 2 fully saturated rings. The number of carbonyl (C=O) groups excluding carboxylic acids is 2. The summed E-state index contributed by atoms with van der Waals surface area (Å²) in [4.78, 5) is 26.8. The fourth-order valence-corrected chi connectivity index (χ4v) is 3.91. The molecule has 0 unspecified atom stereocenters. The number of amides is 2.